The minimum atomic E-state index is -0.385. The first kappa shape index (κ1) is 15.4. The molecule has 0 heterocycles. The number of nitrogens with one attached hydrogen (secondary N) is 1. The van der Waals surface area contributed by atoms with Crippen LogP contribution in [0.3, 0.4) is 0 Å². The quantitative estimate of drug-likeness (QED) is 0.603. The molecular formula is C14H22N2O3. The maximum Gasteiger partial charge on any atom is 0.269 e. The van der Waals surface area contributed by atoms with Gasteiger partial charge in [0.1, 0.15) is 0 Å². The largest absolute Gasteiger partial charge is 0.385 e. The third kappa shape index (κ3) is 4.52. The minimum absolute atomic E-state index is 0.0922. The van der Waals surface area contributed by atoms with Crippen LogP contribution in [0.15, 0.2) is 18.2 Å². The summed E-state index contributed by atoms with van der Waals surface area (Å²) in [4.78, 5) is 10.4. The van der Waals surface area contributed by atoms with Crippen LogP contribution in [-0.2, 0) is 11.3 Å². The second-order valence-corrected chi connectivity index (χ2v) is 5.03. The highest BCUT2D eigenvalue weighted by molar-refractivity contribution is 5.55. The van der Waals surface area contributed by atoms with Gasteiger partial charge < -0.3 is 10.1 Å². The number of non-ortho nitro benzene ring substituents is 1. The van der Waals surface area contributed by atoms with Gasteiger partial charge in [0.05, 0.1) is 17.1 Å². The Labute approximate surface area is 114 Å². The molecule has 106 valence electrons. The maximum atomic E-state index is 10.8. The Morgan fingerprint density at radius 2 is 2.05 bits per heavy atom. The summed E-state index contributed by atoms with van der Waals surface area (Å²) in [6.07, 6.45) is 0.887. The van der Waals surface area contributed by atoms with E-state index in [0.29, 0.717) is 6.61 Å². The first-order valence-corrected chi connectivity index (χ1v) is 6.54. The van der Waals surface area contributed by atoms with E-state index in [1.165, 1.54) is 6.07 Å². The molecule has 0 aromatic heterocycles. The highest BCUT2D eigenvalue weighted by Gasteiger charge is 2.17. The van der Waals surface area contributed by atoms with E-state index in [-0.39, 0.29) is 16.2 Å². The summed E-state index contributed by atoms with van der Waals surface area (Å²) in [7, 11) is 0. The number of nitrogens with zero attached hydrogens (tertiary/aromatic N) is 1. The van der Waals surface area contributed by atoms with E-state index in [2.05, 4.69) is 12.2 Å². The van der Waals surface area contributed by atoms with Gasteiger partial charge in [-0.3, -0.25) is 10.1 Å². The normalized spacial score (nSPS) is 11.4. The lowest BCUT2D eigenvalue weighted by molar-refractivity contribution is -0.384. The molecule has 1 aromatic carbocycles. The molecule has 0 spiro atoms. The molecule has 0 saturated carbocycles. The first-order chi connectivity index (χ1) is 8.89. The number of nitro benzene ring substituents is 1. The van der Waals surface area contributed by atoms with Crippen LogP contribution in [0.1, 0.15) is 39.7 Å². The average molecular weight is 266 g/mol. The van der Waals surface area contributed by atoms with E-state index in [4.69, 9.17) is 4.74 Å². The van der Waals surface area contributed by atoms with Crippen LogP contribution in [0.25, 0.3) is 0 Å². The Morgan fingerprint density at radius 1 is 1.37 bits per heavy atom. The summed E-state index contributed by atoms with van der Waals surface area (Å²) < 4.78 is 5.82. The zero-order valence-corrected chi connectivity index (χ0v) is 12.0. The van der Waals surface area contributed by atoms with Crippen molar-refractivity contribution in [3.05, 3.63) is 33.9 Å². The number of hydrogen-bond acceptors (Lipinski definition) is 4. The van der Waals surface area contributed by atoms with E-state index in [9.17, 15) is 10.1 Å². The second kappa shape index (κ2) is 6.52. The van der Waals surface area contributed by atoms with Crippen molar-refractivity contribution in [2.45, 2.75) is 46.3 Å². The first-order valence-electron chi connectivity index (χ1n) is 6.54. The van der Waals surface area contributed by atoms with Gasteiger partial charge in [-0.2, -0.15) is 0 Å². The van der Waals surface area contributed by atoms with Crippen LogP contribution in [0.4, 0.5) is 11.4 Å². The van der Waals surface area contributed by atoms with Crippen LogP contribution < -0.4 is 5.32 Å². The van der Waals surface area contributed by atoms with Crippen molar-refractivity contribution < 1.29 is 9.66 Å². The molecular weight excluding hydrogens is 244 g/mol. The van der Waals surface area contributed by atoms with E-state index in [1.807, 2.05) is 20.8 Å². The van der Waals surface area contributed by atoms with Gasteiger partial charge in [0.25, 0.3) is 5.69 Å². The standard InChI is InChI=1S/C14H22N2O3/c1-5-14(3,4)19-10-11-9-12(16(17)18)7-8-13(11)15-6-2/h7-9,15H,5-6,10H2,1-4H3. The summed E-state index contributed by atoms with van der Waals surface area (Å²) in [5, 5.41) is 14.0. The molecule has 0 unspecified atom stereocenters. The Kier molecular flexibility index (Phi) is 5.30. The van der Waals surface area contributed by atoms with Gasteiger partial charge >= 0.3 is 0 Å². The number of hydrogen-bond donors (Lipinski definition) is 1. The van der Waals surface area contributed by atoms with Crippen molar-refractivity contribution in [3.63, 3.8) is 0 Å². The van der Waals surface area contributed by atoms with Crippen molar-refractivity contribution in [1.29, 1.82) is 0 Å². The molecule has 0 fully saturated rings. The number of ether oxygens (including phenoxy) is 1. The molecule has 1 rings (SSSR count). The van der Waals surface area contributed by atoms with Crippen LogP contribution in [0, 0.1) is 10.1 Å². The topological polar surface area (TPSA) is 64.4 Å². The fraction of sp³-hybridized carbons (Fsp3) is 0.571. The van der Waals surface area contributed by atoms with Gasteiger partial charge in [0.2, 0.25) is 0 Å². The summed E-state index contributed by atoms with van der Waals surface area (Å²) in [6, 6.07) is 4.81. The second-order valence-electron chi connectivity index (χ2n) is 5.03. The predicted octanol–water partition coefficient (Wildman–Crippen LogP) is 3.73. The zero-order valence-electron chi connectivity index (χ0n) is 12.0. The Morgan fingerprint density at radius 3 is 2.58 bits per heavy atom. The SMILES string of the molecule is CCNc1ccc([N+](=O)[O-])cc1COC(C)(C)CC. The highest BCUT2D eigenvalue weighted by atomic mass is 16.6. The van der Waals surface area contributed by atoms with E-state index in [0.717, 1.165) is 24.2 Å². The van der Waals surface area contributed by atoms with E-state index in [1.54, 1.807) is 12.1 Å². The number of rotatable bonds is 7. The van der Waals surface area contributed by atoms with Gasteiger partial charge in [-0.05, 0) is 33.3 Å². The molecule has 0 atom stereocenters. The maximum absolute atomic E-state index is 10.8. The van der Waals surface area contributed by atoms with Crippen molar-refractivity contribution in [2.24, 2.45) is 0 Å². The van der Waals surface area contributed by atoms with Crippen molar-refractivity contribution in [1.82, 2.24) is 0 Å². The van der Waals surface area contributed by atoms with E-state index < -0.39 is 0 Å². The van der Waals surface area contributed by atoms with Gasteiger partial charge in [0, 0.05) is 29.9 Å². The Bertz CT molecular complexity index is 444. The lowest BCUT2D eigenvalue weighted by atomic mass is 10.1. The van der Waals surface area contributed by atoms with Gasteiger partial charge in [-0.15, -0.1) is 0 Å². The van der Waals surface area contributed by atoms with E-state index >= 15 is 0 Å². The molecule has 0 radical (unpaired) electrons. The molecule has 19 heavy (non-hydrogen) atoms. The fourth-order valence-electron chi connectivity index (χ4n) is 1.55. The molecule has 0 aliphatic rings. The summed E-state index contributed by atoms with van der Waals surface area (Å²) >= 11 is 0. The molecule has 0 aliphatic carbocycles. The minimum Gasteiger partial charge on any atom is -0.385 e. The van der Waals surface area contributed by atoms with Gasteiger partial charge in [-0.1, -0.05) is 6.92 Å². The fourth-order valence-corrected chi connectivity index (χ4v) is 1.55. The third-order valence-corrected chi connectivity index (χ3v) is 3.14. The Balaban J connectivity index is 2.94. The lowest BCUT2D eigenvalue weighted by Gasteiger charge is -2.24. The summed E-state index contributed by atoms with van der Waals surface area (Å²) in [5.41, 5.74) is 1.57. The lowest BCUT2D eigenvalue weighted by Crippen LogP contribution is -2.23. The number of benzene rings is 1. The molecule has 0 amide bonds. The monoisotopic (exact) mass is 266 g/mol. The summed E-state index contributed by atoms with van der Waals surface area (Å²) in [6.45, 7) is 9.20. The molecule has 5 heteroatoms. The average Bonchev–Trinajstić information content (AvgIpc) is 2.37. The van der Waals surface area contributed by atoms with Crippen molar-refractivity contribution in [3.8, 4) is 0 Å². The van der Waals surface area contributed by atoms with Gasteiger partial charge in [0.15, 0.2) is 0 Å². The molecule has 0 saturated heterocycles. The van der Waals surface area contributed by atoms with Crippen molar-refractivity contribution >= 4 is 11.4 Å². The number of nitro groups is 1. The smallest absolute Gasteiger partial charge is 0.269 e. The third-order valence-electron chi connectivity index (χ3n) is 3.14. The number of anilines is 1. The highest BCUT2D eigenvalue weighted by Crippen LogP contribution is 2.25. The summed E-state index contributed by atoms with van der Waals surface area (Å²) in [5.74, 6) is 0. The predicted molar refractivity (Wildman–Crippen MR) is 76.4 cm³/mol. The molecule has 5 nitrogen and oxygen atoms in total. The van der Waals surface area contributed by atoms with Crippen LogP contribution in [-0.4, -0.2) is 17.1 Å². The van der Waals surface area contributed by atoms with Crippen LogP contribution in [0.2, 0.25) is 0 Å². The Hall–Kier alpha value is -1.62. The zero-order chi connectivity index (χ0) is 14.5. The van der Waals surface area contributed by atoms with Crippen molar-refractivity contribution in [2.75, 3.05) is 11.9 Å². The molecule has 0 aliphatic heterocycles. The molecule has 0 bridgehead atoms. The van der Waals surface area contributed by atoms with Crippen LogP contribution in [0.5, 0.6) is 0 Å². The molecule has 1 aromatic rings. The van der Waals surface area contributed by atoms with Crippen LogP contribution >= 0.6 is 0 Å². The molecule has 1 N–H and O–H groups in total. The van der Waals surface area contributed by atoms with Gasteiger partial charge in [-0.25, -0.2) is 0 Å².